The number of benzene rings is 1. The van der Waals surface area contributed by atoms with Crippen LogP contribution in [0.3, 0.4) is 0 Å². The fraction of sp³-hybridized carbons (Fsp3) is 0.286. The lowest BCUT2D eigenvalue weighted by Gasteiger charge is -2.15. The number of urea groups is 1. The molecule has 3 rings (SSSR count). The summed E-state index contributed by atoms with van der Waals surface area (Å²) in [7, 11) is -1.10. The molecule has 8 heteroatoms. The highest BCUT2D eigenvalue weighted by Gasteiger charge is 2.12. The van der Waals surface area contributed by atoms with Gasteiger partial charge in [-0.1, -0.05) is 50.0 Å². The fourth-order valence-corrected chi connectivity index (χ4v) is 3.35. The second-order valence-corrected chi connectivity index (χ2v) is 13.6. The quantitative estimate of drug-likeness (QED) is 0.423. The predicted molar refractivity (Wildman–Crippen MR) is 119 cm³/mol. The number of fused-ring (bicyclic) bond motifs is 1. The average Bonchev–Trinajstić information content (AvgIpc) is 3.07. The van der Waals surface area contributed by atoms with E-state index in [1.807, 2.05) is 53.2 Å². The van der Waals surface area contributed by atoms with Gasteiger partial charge in [0.15, 0.2) is 11.5 Å². The number of anilines is 1. The molecule has 7 nitrogen and oxygen atoms in total. The summed E-state index contributed by atoms with van der Waals surface area (Å²) in [5.41, 5.74) is 2.44. The lowest BCUT2D eigenvalue weighted by atomic mass is 10.2. The third-order valence-electron chi connectivity index (χ3n) is 4.22. The molecule has 0 fully saturated rings. The summed E-state index contributed by atoms with van der Waals surface area (Å²) in [5.74, 6) is 0.389. The number of rotatable bonds is 8. The van der Waals surface area contributed by atoms with Gasteiger partial charge in [-0.2, -0.15) is 0 Å². The van der Waals surface area contributed by atoms with Crippen molar-refractivity contribution in [1.82, 2.24) is 19.9 Å². The molecule has 0 saturated carbocycles. The van der Waals surface area contributed by atoms with Gasteiger partial charge in [0.25, 0.3) is 0 Å². The topological polar surface area (TPSA) is 81.1 Å². The van der Waals surface area contributed by atoms with Crippen molar-refractivity contribution in [3.63, 3.8) is 0 Å². The molecule has 2 aromatic heterocycles. The second kappa shape index (κ2) is 9.49. The Bertz CT molecular complexity index is 980. The molecule has 29 heavy (non-hydrogen) atoms. The number of hydrogen-bond acceptors (Lipinski definition) is 4. The summed E-state index contributed by atoms with van der Waals surface area (Å²) in [6, 6.07) is 12.3. The zero-order valence-electron chi connectivity index (χ0n) is 17.1. The van der Waals surface area contributed by atoms with Crippen molar-refractivity contribution in [2.24, 2.45) is 0 Å². The first kappa shape index (κ1) is 20.8. The van der Waals surface area contributed by atoms with E-state index in [4.69, 9.17) is 4.74 Å². The maximum absolute atomic E-state index is 12.0. The molecule has 0 spiro atoms. The van der Waals surface area contributed by atoms with Gasteiger partial charge in [-0.25, -0.2) is 14.8 Å². The normalized spacial score (nSPS) is 11.8. The highest BCUT2D eigenvalue weighted by Crippen LogP contribution is 2.14. The van der Waals surface area contributed by atoms with E-state index >= 15 is 0 Å². The van der Waals surface area contributed by atoms with Crippen LogP contribution in [0.15, 0.2) is 55.0 Å². The molecule has 0 aliphatic heterocycles. The predicted octanol–water partition coefficient (Wildman–Crippen LogP) is 4.54. The van der Waals surface area contributed by atoms with Crippen molar-refractivity contribution in [2.45, 2.75) is 32.4 Å². The van der Waals surface area contributed by atoms with Crippen molar-refractivity contribution in [3.8, 4) is 0 Å². The van der Waals surface area contributed by atoms with E-state index in [9.17, 15) is 4.79 Å². The molecule has 0 radical (unpaired) electrons. The molecule has 2 amide bonds. The zero-order chi connectivity index (χ0) is 20.7. The van der Waals surface area contributed by atoms with Gasteiger partial charge in [-0.05, 0) is 23.7 Å². The van der Waals surface area contributed by atoms with Crippen molar-refractivity contribution in [3.05, 3.63) is 60.6 Å². The van der Waals surface area contributed by atoms with Crippen LogP contribution in [0.25, 0.3) is 17.2 Å². The summed E-state index contributed by atoms with van der Waals surface area (Å²) in [4.78, 5) is 20.9. The monoisotopic (exact) mass is 409 g/mol. The Morgan fingerprint density at radius 2 is 2.00 bits per heavy atom. The van der Waals surface area contributed by atoms with Gasteiger partial charge in [0.2, 0.25) is 0 Å². The number of nitrogens with one attached hydrogen (secondary N) is 2. The smallest absolute Gasteiger partial charge is 0.324 e. The number of aromatic nitrogens is 3. The van der Waals surface area contributed by atoms with E-state index in [1.54, 1.807) is 12.4 Å². The van der Waals surface area contributed by atoms with Gasteiger partial charge < -0.3 is 14.6 Å². The number of amides is 2. The Labute approximate surface area is 171 Å². The summed E-state index contributed by atoms with van der Waals surface area (Å²) in [5, 5.41) is 5.35. The fourth-order valence-electron chi connectivity index (χ4n) is 2.60. The van der Waals surface area contributed by atoms with Crippen LogP contribution in [0.4, 0.5) is 10.6 Å². The molecule has 0 aliphatic rings. The third kappa shape index (κ3) is 6.55. The Morgan fingerprint density at radius 1 is 1.21 bits per heavy atom. The van der Waals surface area contributed by atoms with E-state index in [0.29, 0.717) is 18.1 Å². The number of carbonyl (C=O) groups is 1. The van der Waals surface area contributed by atoms with Crippen LogP contribution in [0, 0.1) is 0 Å². The zero-order valence-corrected chi connectivity index (χ0v) is 18.1. The highest BCUT2D eigenvalue weighted by molar-refractivity contribution is 6.76. The van der Waals surface area contributed by atoms with Crippen LogP contribution in [0.1, 0.15) is 5.56 Å². The van der Waals surface area contributed by atoms with Crippen LogP contribution >= 0.6 is 0 Å². The molecular formula is C21H27N5O2Si. The first-order chi connectivity index (χ1) is 13.9. The molecule has 2 N–H and O–H groups in total. The SMILES string of the molecule is C[Si](C)(C)CCOCn1ccc2nc(NC(=O)NC=Cc3ccccc3)cnc21. The molecule has 0 bridgehead atoms. The van der Waals surface area contributed by atoms with Gasteiger partial charge in [0.1, 0.15) is 12.2 Å². The molecule has 0 saturated heterocycles. The van der Waals surface area contributed by atoms with E-state index in [-0.39, 0.29) is 6.03 Å². The second-order valence-electron chi connectivity index (χ2n) is 7.94. The Hall–Kier alpha value is -2.97. The van der Waals surface area contributed by atoms with Crippen LogP contribution in [0.2, 0.25) is 25.7 Å². The largest absolute Gasteiger partial charge is 0.361 e. The Morgan fingerprint density at radius 3 is 2.76 bits per heavy atom. The highest BCUT2D eigenvalue weighted by atomic mass is 28.3. The molecule has 0 aliphatic carbocycles. The average molecular weight is 410 g/mol. The minimum absolute atomic E-state index is 0.375. The standard InChI is InChI=1S/C21H27N5O2Si/c1-29(2,3)14-13-28-16-26-12-10-18-20(26)23-15-19(24-18)25-21(27)22-11-9-17-7-5-4-6-8-17/h4-12,15H,13-14,16H2,1-3H3,(H2,22,24,25,27). The maximum Gasteiger partial charge on any atom is 0.324 e. The summed E-state index contributed by atoms with van der Waals surface area (Å²) in [6.45, 7) is 8.18. The summed E-state index contributed by atoms with van der Waals surface area (Å²) in [6.07, 6.45) is 6.84. The van der Waals surface area contributed by atoms with Gasteiger partial charge in [0.05, 0.1) is 6.20 Å². The van der Waals surface area contributed by atoms with E-state index in [0.717, 1.165) is 23.9 Å². The Balaban J connectivity index is 1.53. The molecule has 0 atom stereocenters. The van der Waals surface area contributed by atoms with Gasteiger partial charge in [-0.3, -0.25) is 5.32 Å². The number of nitrogens with zero attached hydrogens (tertiary/aromatic N) is 3. The van der Waals surface area contributed by atoms with Crippen LogP contribution < -0.4 is 10.6 Å². The maximum atomic E-state index is 12.0. The lowest BCUT2D eigenvalue weighted by molar-refractivity contribution is 0.0899. The van der Waals surface area contributed by atoms with Crippen LogP contribution in [-0.2, 0) is 11.5 Å². The van der Waals surface area contributed by atoms with Crippen molar-refractivity contribution in [1.29, 1.82) is 0 Å². The van der Waals surface area contributed by atoms with E-state index < -0.39 is 8.07 Å². The molecule has 152 valence electrons. The summed E-state index contributed by atoms with van der Waals surface area (Å²) >= 11 is 0. The van der Waals surface area contributed by atoms with E-state index in [1.165, 1.54) is 0 Å². The van der Waals surface area contributed by atoms with Gasteiger partial charge in [0, 0.05) is 27.1 Å². The van der Waals surface area contributed by atoms with Crippen LogP contribution in [-0.4, -0.2) is 35.2 Å². The van der Waals surface area contributed by atoms with Crippen molar-refractivity contribution in [2.75, 3.05) is 11.9 Å². The lowest BCUT2D eigenvalue weighted by Crippen LogP contribution is -2.24. The molecule has 0 unspecified atom stereocenters. The molecule has 3 aromatic rings. The number of carbonyl (C=O) groups excluding carboxylic acids is 1. The molecule has 2 heterocycles. The minimum atomic E-state index is -1.10. The van der Waals surface area contributed by atoms with Crippen molar-refractivity contribution < 1.29 is 9.53 Å². The first-order valence-corrected chi connectivity index (χ1v) is 13.3. The third-order valence-corrected chi connectivity index (χ3v) is 5.93. The molecular weight excluding hydrogens is 382 g/mol. The number of ether oxygens (including phenoxy) is 1. The van der Waals surface area contributed by atoms with E-state index in [2.05, 4.69) is 40.2 Å². The van der Waals surface area contributed by atoms with Gasteiger partial charge in [-0.15, -0.1) is 0 Å². The van der Waals surface area contributed by atoms with Gasteiger partial charge >= 0.3 is 6.03 Å². The van der Waals surface area contributed by atoms with Crippen LogP contribution in [0.5, 0.6) is 0 Å². The first-order valence-electron chi connectivity index (χ1n) is 9.59. The molecule has 1 aromatic carbocycles. The summed E-state index contributed by atoms with van der Waals surface area (Å²) < 4.78 is 7.70. The Kier molecular flexibility index (Phi) is 6.79. The number of hydrogen-bond donors (Lipinski definition) is 2. The minimum Gasteiger partial charge on any atom is -0.361 e. The van der Waals surface area contributed by atoms with Crippen molar-refractivity contribution >= 4 is 37.2 Å².